The molecule has 0 atom stereocenters. The second-order valence-corrected chi connectivity index (χ2v) is 7.54. The van der Waals surface area contributed by atoms with Crippen LogP contribution >= 0.6 is 0 Å². The van der Waals surface area contributed by atoms with Crippen molar-refractivity contribution in [1.29, 1.82) is 0 Å². The summed E-state index contributed by atoms with van der Waals surface area (Å²) in [7, 11) is 0. The van der Waals surface area contributed by atoms with Gasteiger partial charge in [0.05, 0.1) is 24.0 Å². The standard InChI is InChI=1S/C27H22O6/c28-26(29)22-6-4-20-16-24(10-8-18(20)14-22)32-12-2-1-3-13-33-25-11-9-19-15-23(27(30)31)7-5-21(19)17-25/h2,4-12,14-17H,1,3,13H2,(H,28,29)(H,30,31). The fourth-order valence-electron chi connectivity index (χ4n) is 3.46. The summed E-state index contributed by atoms with van der Waals surface area (Å²) in [6.45, 7) is 0.547. The minimum absolute atomic E-state index is 0.259. The van der Waals surface area contributed by atoms with E-state index in [1.54, 1.807) is 48.7 Å². The van der Waals surface area contributed by atoms with Crippen LogP contribution in [0, 0.1) is 0 Å². The highest BCUT2D eigenvalue weighted by atomic mass is 16.5. The van der Waals surface area contributed by atoms with Crippen molar-refractivity contribution in [3.05, 3.63) is 96.3 Å². The molecular formula is C27H22O6. The van der Waals surface area contributed by atoms with Crippen LogP contribution in [0.5, 0.6) is 11.5 Å². The Balaban J connectivity index is 1.24. The van der Waals surface area contributed by atoms with Crippen molar-refractivity contribution in [2.75, 3.05) is 6.61 Å². The van der Waals surface area contributed by atoms with Crippen molar-refractivity contribution >= 4 is 33.5 Å². The molecule has 6 nitrogen and oxygen atoms in total. The highest BCUT2D eigenvalue weighted by molar-refractivity contribution is 5.95. The molecule has 4 rings (SSSR count). The first-order valence-corrected chi connectivity index (χ1v) is 10.5. The Morgan fingerprint density at radius 2 is 1.21 bits per heavy atom. The monoisotopic (exact) mass is 442 g/mol. The van der Waals surface area contributed by atoms with Crippen LogP contribution in [0.3, 0.4) is 0 Å². The molecule has 0 heterocycles. The Morgan fingerprint density at radius 3 is 1.82 bits per heavy atom. The Labute approximate surface area is 190 Å². The second kappa shape index (κ2) is 9.87. The summed E-state index contributed by atoms with van der Waals surface area (Å²) in [6.07, 6.45) is 5.16. The van der Waals surface area contributed by atoms with Gasteiger partial charge in [-0.1, -0.05) is 24.3 Å². The lowest BCUT2D eigenvalue weighted by Crippen LogP contribution is -1.97. The molecule has 0 bridgehead atoms. The number of carboxylic acid groups (broad SMARTS) is 2. The van der Waals surface area contributed by atoms with E-state index < -0.39 is 11.9 Å². The molecule has 2 N–H and O–H groups in total. The van der Waals surface area contributed by atoms with Crippen molar-refractivity contribution in [2.45, 2.75) is 12.8 Å². The first kappa shape index (κ1) is 21.9. The van der Waals surface area contributed by atoms with Gasteiger partial charge in [0.25, 0.3) is 0 Å². The summed E-state index contributed by atoms with van der Waals surface area (Å²) in [4.78, 5) is 22.1. The average molecular weight is 442 g/mol. The third-order valence-electron chi connectivity index (χ3n) is 5.20. The van der Waals surface area contributed by atoms with Crippen LogP contribution < -0.4 is 9.47 Å². The van der Waals surface area contributed by atoms with Gasteiger partial charge in [-0.25, -0.2) is 9.59 Å². The zero-order chi connectivity index (χ0) is 23.2. The number of allylic oxidation sites excluding steroid dienone is 1. The summed E-state index contributed by atoms with van der Waals surface area (Å²) < 4.78 is 11.5. The third-order valence-corrected chi connectivity index (χ3v) is 5.20. The van der Waals surface area contributed by atoms with E-state index in [-0.39, 0.29) is 11.1 Å². The summed E-state index contributed by atoms with van der Waals surface area (Å²) >= 11 is 0. The van der Waals surface area contributed by atoms with Crippen molar-refractivity contribution in [2.24, 2.45) is 0 Å². The molecule has 6 heteroatoms. The molecule has 0 aliphatic rings. The smallest absolute Gasteiger partial charge is 0.335 e. The summed E-state index contributed by atoms with van der Waals surface area (Å²) in [6, 6.07) is 21.1. The normalized spacial score (nSPS) is 11.2. The number of rotatable bonds is 9. The number of benzene rings is 4. The van der Waals surface area contributed by atoms with Crippen LogP contribution in [0.1, 0.15) is 33.6 Å². The predicted molar refractivity (Wildman–Crippen MR) is 126 cm³/mol. The molecule has 0 spiro atoms. The fourth-order valence-corrected chi connectivity index (χ4v) is 3.46. The quantitative estimate of drug-likeness (QED) is 0.239. The second-order valence-electron chi connectivity index (χ2n) is 7.54. The molecule has 0 aliphatic heterocycles. The maximum Gasteiger partial charge on any atom is 0.335 e. The lowest BCUT2D eigenvalue weighted by molar-refractivity contribution is 0.0686. The molecule has 166 valence electrons. The van der Waals surface area contributed by atoms with Crippen molar-refractivity contribution < 1.29 is 29.3 Å². The lowest BCUT2D eigenvalue weighted by atomic mass is 10.1. The Bertz CT molecular complexity index is 1360. The van der Waals surface area contributed by atoms with Crippen molar-refractivity contribution in [3.63, 3.8) is 0 Å². The van der Waals surface area contributed by atoms with Gasteiger partial charge in [-0.15, -0.1) is 0 Å². The summed E-state index contributed by atoms with van der Waals surface area (Å²) in [5, 5.41) is 21.7. The minimum atomic E-state index is -0.945. The maximum absolute atomic E-state index is 11.1. The predicted octanol–water partition coefficient (Wildman–Crippen LogP) is 6.14. The van der Waals surface area contributed by atoms with Crippen LogP contribution in [0.4, 0.5) is 0 Å². The van der Waals surface area contributed by atoms with E-state index in [4.69, 9.17) is 19.7 Å². The Hall–Kier alpha value is -4.32. The van der Waals surface area contributed by atoms with Crippen LogP contribution in [0.2, 0.25) is 0 Å². The van der Waals surface area contributed by atoms with Crippen molar-refractivity contribution in [1.82, 2.24) is 0 Å². The van der Waals surface area contributed by atoms with E-state index in [9.17, 15) is 9.59 Å². The van der Waals surface area contributed by atoms with E-state index in [0.29, 0.717) is 12.4 Å². The molecule has 33 heavy (non-hydrogen) atoms. The van der Waals surface area contributed by atoms with Crippen molar-refractivity contribution in [3.8, 4) is 11.5 Å². The molecule has 0 aromatic heterocycles. The van der Waals surface area contributed by atoms with E-state index in [0.717, 1.165) is 40.1 Å². The number of hydrogen-bond donors (Lipinski definition) is 2. The van der Waals surface area contributed by atoms with Gasteiger partial charge < -0.3 is 19.7 Å². The molecule has 0 amide bonds. The molecule has 4 aromatic carbocycles. The van der Waals surface area contributed by atoms with E-state index in [2.05, 4.69) is 0 Å². The molecule has 0 saturated carbocycles. The number of hydrogen-bond acceptors (Lipinski definition) is 4. The SMILES string of the molecule is O=C(O)c1ccc2cc(OC=CCCCOc3ccc4cc(C(=O)O)ccc4c3)ccc2c1. The van der Waals surface area contributed by atoms with E-state index in [1.165, 1.54) is 0 Å². The lowest BCUT2D eigenvalue weighted by Gasteiger charge is -2.07. The number of ether oxygens (including phenoxy) is 2. The molecule has 0 unspecified atom stereocenters. The van der Waals surface area contributed by atoms with Gasteiger partial charge in [0.2, 0.25) is 0 Å². The molecule has 0 saturated heterocycles. The Kier molecular flexibility index (Phi) is 6.55. The third kappa shape index (κ3) is 5.49. The van der Waals surface area contributed by atoms with Crippen LogP contribution in [-0.4, -0.2) is 28.8 Å². The molecule has 0 aliphatic carbocycles. The van der Waals surface area contributed by atoms with E-state index >= 15 is 0 Å². The summed E-state index contributed by atoms with van der Waals surface area (Å²) in [5.74, 6) is -0.461. The maximum atomic E-state index is 11.1. The van der Waals surface area contributed by atoms with Crippen LogP contribution in [0.25, 0.3) is 21.5 Å². The van der Waals surface area contributed by atoms with Gasteiger partial charge in [-0.3, -0.25) is 0 Å². The highest BCUT2D eigenvalue weighted by Crippen LogP contribution is 2.23. The number of aromatic carboxylic acids is 2. The number of carbonyl (C=O) groups is 2. The number of carboxylic acids is 2. The fraction of sp³-hybridized carbons (Fsp3) is 0.111. The Morgan fingerprint density at radius 1 is 0.697 bits per heavy atom. The van der Waals surface area contributed by atoms with Gasteiger partial charge in [-0.05, 0) is 89.0 Å². The number of fused-ring (bicyclic) bond motifs is 2. The van der Waals surface area contributed by atoms with Gasteiger partial charge in [-0.2, -0.15) is 0 Å². The highest BCUT2D eigenvalue weighted by Gasteiger charge is 2.05. The van der Waals surface area contributed by atoms with Gasteiger partial charge >= 0.3 is 11.9 Å². The van der Waals surface area contributed by atoms with E-state index in [1.807, 2.05) is 36.4 Å². The molecule has 0 fully saturated rings. The molecule has 0 radical (unpaired) electrons. The van der Waals surface area contributed by atoms with Gasteiger partial charge in [0, 0.05) is 0 Å². The summed E-state index contributed by atoms with van der Waals surface area (Å²) in [5.41, 5.74) is 0.524. The minimum Gasteiger partial charge on any atom is -0.494 e. The zero-order valence-electron chi connectivity index (χ0n) is 17.7. The first-order chi connectivity index (χ1) is 16.0. The first-order valence-electron chi connectivity index (χ1n) is 10.5. The van der Waals surface area contributed by atoms with Crippen LogP contribution in [-0.2, 0) is 0 Å². The number of unbranched alkanes of at least 4 members (excludes halogenated alkanes) is 1. The topological polar surface area (TPSA) is 93.1 Å². The average Bonchev–Trinajstić information content (AvgIpc) is 2.82. The van der Waals surface area contributed by atoms with Gasteiger partial charge in [0.15, 0.2) is 0 Å². The van der Waals surface area contributed by atoms with Gasteiger partial charge in [0.1, 0.15) is 11.5 Å². The molecular weight excluding hydrogens is 420 g/mol. The molecule has 4 aromatic rings. The largest absolute Gasteiger partial charge is 0.494 e. The zero-order valence-corrected chi connectivity index (χ0v) is 17.7. The van der Waals surface area contributed by atoms with Crippen LogP contribution in [0.15, 0.2) is 85.1 Å².